The van der Waals surface area contributed by atoms with Crippen molar-refractivity contribution in [1.82, 2.24) is 4.90 Å². The lowest BCUT2D eigenvalue weighted by atomic mass is 9.52. The lowest BCUT2D eigenvalue weighted by Crippen LogP contribution is -2.74. The molecule has 40 heavy (non-hydrogen) atoms. The fraction of sp³-hybridized carbons (Fsp3) is 0.333. The maximum absolute atomic E-state index is 13.9. The summed E-state index contributed by atoms with van der Waals surface area (Å²) in [5.74, 6) is -10.8. The molecule has 10 heteroatoms. The lowest BCUT2D eigenvalue weighted by molar-refractivity contribution is -0.181. The molecule has 0 bridgehead atoms. The highest BCUT2D eigenvalue weighted by molar-refractivity contribution is 6.32. The third-order valence-corrected chi connectivity index (χ3v) is 8.48. The Morgan fingerprint density at radius 3 is 2.52 bits per heavy atom. The molecule has 0 radical (unpaired) electrons. The number of carbonyl (C=O) groups is 5. The van der Waals surface area contributed by atoms with E-state index < -0.39 is 64.4 Å². The molecule has 6 atom stereocenters. The molecular formula is C30H27N3O7. The first-order valence-corrected chi connectivity index (χ1v) is 12.8. The summed E-state index contributed by atoms with van der Waals surface area (Å²) in [7, 11) is 3.08. The van der Waals surface area contributed by atoms with Crippen LogP contribution in [0.4, 0.5) is 0 Å². The molecule has 3 aliphatic rings. The van der Waals surface area contributed by atoms with Crippen LogP contribution in [0.5, 0.6) is 5.75 Å². The molecule has 10 nitrogen and oxygen atoms in total. The van der Waals surface area contributed by atoms with E-state index in [9.17, 15) is 34.2 Å². The third-order valence-electron chi connectivity index (χ3n) is 8.48. The van der Waals surface area contributed by atoms with Crippen molar-refractivity contribution in [2.24, 2.45) is 29.4 Å². The number of nitrogens with two attached hydrogens (primary N) is 1. The number of ketones is 4. The zero-order valence-corrected chi connectivity index (χ0v) is 21.8. The van der Waals surface area contributed by atoms with Gasteiger partial charge in [-0.15, -0.1) is 0 Å². The van der Waals surface area contributed by atoms with Crippen molar-refractivity contribution in [3.8, 4) is 16.9 Å². The zero-order chi connectivity index (χ0) is 29.1. The number of amides is 1. The van der Waals surface area contributed by atoms with Gasteiger partial charge >= 0.3 is 0 Å². The highest BCUT2D eigenvalue weighted by Crippen LogP contribution is 2.51. The molecule has 3 aliphatic carbocycles. The number of aromatic hydroxyl groups is 1. The van der Waals surface area contributed by atoms with Gasteiger partial charge in [-0.3, -0.25) is 28.9 Å². The van der Waals surface area contributed by atoms with Crippen LogP contribution in [-0.4, -0.2) is 69.9 Å². The van der Waals surface area contributed by atoms with Gasteiger partial charge in [-0.25, -0.2) is 4.85 Å². The van der Waals surface area contributed by atoms with Crippen molar-refractivity contribution in [1.29, 1.82) is 0 Å². The summed E-state index contributed by atoms with van der Waals surface area (Å²) in [5, 5.41) is 22.4. The maximum atomic E-state index is 13.9. The van der Waals surface area contributed by atoms with Crippen LogP contribution >= 0.6 is 0 Å². The van der Waals surface area contributed by atoms with Gasteiger partial charge in [0.1, 0.15) is 5.75 Å². The molecule has 2 saturated carbocycles. The molecule has 4 N–H and O–H groups in total. The highest BCUT2D eigenvalue weighted by Gasteiger charge is 2.69. The van der Waals surface area contributed by atoms with E-state index in [2.05, 4.69) is 4.85 Å². The molecule has 2 unspecified atom stereocenters. The van der Waals surface area contributed by atoms with Crippen molar-refractivity contribution in [3.63, 3.8) is 0 Å². The number of nitrogens with zero attached hydrogens (tertiary/aromatic N) is 2. The third kappa shape index (κ3) is 3.81. The van der Waals surface area contributed by atoms with Crippen LogP contribution in [0.25, 0.3) is 22.0 Å². The second kappa shape index (κ2) is 9.62. The summed E-state index contributed by atoms with van der Waals surface area (Å²) in [6.45, 7) is 6.98. The average Bonchev–Trinajstić information content (AvgIpc) is 2.89. The minimum absolute atomic E-state index is 0.0211. The topological polar surface area (TPSA) is 159 Å². The summed E-state index contributed by atoms with van der Waals surface area (Å²) >= 11 is 0. The van der Waals surface area contributed by atoms with Gasteiger partial charge in [0.2, 0.25) is 5.91 Å². The number of phenolic OH excluding ortho intramolecular Hbond substituents is 1. The minimum Gasteiger partial charge on any atom is -0.507 e. The number of fused-ring (bicyclic) bond motifs is 3. The van der Waals surface area contributed by atoms with E-state index in [1.54, 1.807) is 32.3 Å². The number of hydrogen-bond acceptors (Lipinski definition) is 8. The predicted octanol–water partition coefficient (Wildman–Crippen LogP) is 1.42. The second-order valence-corrected chi connectivity index (χ2v) is 10.8. The van der Waals surface area contributed by atoms with Gasteiger partial charge in [0, 0.05) is 5.92 Å². The number of phenols is 1. The van der Waals surface area contributed by atoms with Gasteiger partial charge in [0.25, 0.3) is 0 Å². The Labute approximate surface area is 229 Å². The number of hydrogen-bond donors (Lipinski definition) is 3. The number of primary amides is 1. The summed E-state index contributed by atoms with van der Waals surface area (Å²) in [6, 6.07) is 9.15. The van der Waals surface area contributed by atoms with E-state index in [4.69, 9.17) is 12.3 Å². The van der Waals surface area contributed by atoms with Crippen molar-refractivity contribution in [2.45, 2.75) is 24.5 Å². The fourth-order valence-electron chi connectivity index (χ4n) is 6.81. The average molecular weight is 542 g/mol. The van der Waals surface area contributed by atoms with Crippen molar-refractivity contribution in [3.05, 3.63) is 70.7 Å². The molecule has 0 saturated heterocycles. The smallest absolute Gasteiger partial charge is 0.235 e. The molecule has 2 aromatic carbocycles. The first kappa shape index (κ1) is 27.1. The maximum Gasteiger partial charge on any atom is 0.235 e. The number of carbonyl (C=O) groups excluding carboxylic acids is 5. The molecule has 2 fully saturated rings. The Morgan fingerprint density at radius 1 is 1.15 bits per heavy atom. The Kier molecular flexibility index (Phi) is 6.53. The Hall–Kier alpha value is -4.46. The van der Waals surface area contributed by atoms with E-state index >= 15 is 0 Å². The fourth-order valence-corrected chi connectivity index (χ4v) is 6.81. The Morgan fingerprint density at radius 2 is 1.88 bits per heavy atom. The molecule has 0 aromatic heterocycles. The summed E-state index contributed by atoms with van der Waals surface area (Å²) in [4.78, 5) is 71.1. The summed E-state index contributed by atoms with van der Waals surface area (Å²) < 4.78 is 0. The number of Topliss-reactive ketones (excluding diaryl/α,β-unsaturated/α-hetero) is 4. The van der Waals surface area contributed by atoms with Crippen LogP contribution in [-0.2, 0) is 25.6 Å². The molecule has 204 valence electrons. The van der Waals surface area contributed by atoms with Crippen LogP contribution < -0.4 is 5.73 Å². The van der Waals surface area contributed by atoms with Gasteiger partial charge in [0.15, 0.2) is 40.9 Å². The Bertz CT molecular complexity index is 1570. The lowest BCUT2D eigenvalue weighted by Gasteiger charge is -2.52. The molecule has 0 spiro atoms. The van der Waals surface area contributed by atoms with Crippen LogP contribution in [0, 0.1) is 30.2 Å². The van der Waals surface area contributed by atoms with E-state index in [1.165, 1.54) is 17.2 Å². The number of rotatable bonds is 4. The van der Waals surface area contributed by atoms with Gasteiger partial charge in [-0.05, 0) is 67.2 Å². The molecule has 1 amide bonds. The van der Waals surface area contributed by atoms with Crippen molar-refractivity contribution >= 4 is 35.1 Å². The molecular weight excluding hydrogens is 514 g/mol. The first-order chi connectivity index (χ1) is 18.9. The first-order valence-electron chi connectivity index (χ1n) is 12.8. The van der Waals surface area contributed by atoms with Crippen LogP contribution in [0.1, 0.15) is 27.9 Å². The van der Waals surface area contributed by atoms with E-state index in [0.29, 0.717) is 11.1 Å². The van der Waals surface area contributed by atoms with Gasteiger partial charge in [-0.2, -0.15) is 0 Å². The second-order valence-electron chi connectivity index (χ2n) is 10.8. The molecule has 2 aromatic rings. The number of benzene rings is 2. The van der Waals surface area contributed by atoms with Crippen molar-refractivity contribution in [2.75, 3.05) is 14.1 Å². The number of likely N-dealkylation sites (N-methyl/N-ethyl adjacent to an activating group) is 1. The monoisotopic (exact) mass is 541 g/mol. The SMILES string of the molecule is [C-]#[N+]/C=C/c1cccc(-c2ccc(O)c3c2C[C@H]2C[C@H]4[C@H](N(C)C)C(=O)C(C(N)=O)C(=O)[C@@]4(O)C(=O)C2C3=O)c1. The molecule has 0 heterocycles. The number of aliphatic hydroxyl groups is 1. The largest absolute Gasteiger partial charge is 0.507 e. The quantitative estimate of drug-likeness (QED) is 0.387. The van der Waals surface area contributed by atoms with E-state index in [-0.39, 0.29) is 24.2 Å². The normalized spacial score (nSPS) is 29.6. The summed E-state index contributed by atoms with van der Waals surface area (Å²) in [5.41, 5.74) is 5.18. The molecule has 5 rings (SSSR count). The van der Waals surface area contributed by atoms with Crippen LogP contribution in [0.2, 0.25) is 0 Å². The molecule has 0 aliphatic heterocycles. The van der Waals surface area contributed by atoms with E-state index in [0.717, 1.165) is 11.1 Å². The minimum atomic E-state index is -2.76. The zero-order valence-electron chi connectivity index (χ0n) is 21.8. The standard InChI is InChI=1S/C30H27N3O7/c1-32-10-9-14-5-4-6-15(11-14)17-7-8-20(34)22-18(17)12-16-13-19-24(33(2)3)26(36)23(29(31)39)28(38)30(19,40)27(37)21(16)25(22)35/h4-11,16,19,21,23-24,34,40H,12-13H2,2-3H3,(H2,31,39)/b10-9+/t16-,19-,21?,23?,24-,30-/m0/s1. The highest BCUT2D eigenvalue weighted by atomic mass is 16.3. The van der Waals surface area contributed by atoms with Crippen molar-refractivity contribution < 1.29 is 34.2 Å². The van der Waals surface area contributed by atoms with Crippen LogP contribution in [0.15, 0.2) is 42.6 Å². The summed E-state index contributed by atoms with van der Waals surface area (Å²) in [6.07, 6.45) is 3.11. The predicted molar refractivity (Wildman–Crippen MR) is 142 cm³/mol. The van der Waals surface area contributed by atoms with Gasteiger partial charge in [0.05, 0.1) is 24.1 Å². The van der Waals surface area contributed by atoms with Gasteiger partial charge < -0.3 is 15.9 Å². The Balaban J connectivity index is 1.64. The van der Waals surface area contributed by atoms with Gasteiger partial charge in [-0.1, -0.05) is 30.3 Å². The van der Waals surface area contributed by atoms with E-state index in [1.807, 2.05) is 18.2 Å². The van der Waals surface area contributed by atoms with Crippen LogP contribution in [0.3, 0.4) is 0 Å².